The molecule has 37 heavy (non-hydrogen) atoms. The summed E-state index contributed by atoms with van der Waals surface area (Å²) < 4.78 is 5.13. The number of aromatic amines is 1. The van der Waals surface area contributed by atoms with Crippen LogP contribution in [0.4, 0.5) is 11.6 Å². The van der Waals surface area contributed by atoms with Crippen molar-refractivity contribution in [1.29, 1.82) is 10.5 Å². The Morgan fingerprint density at radius 3 is 2.65 bits per heavy atom. The van der Waals surface area contributed by atoms with E-state index in [1.54, 1.807) is 37.3 Å². The zero-order chi connectivity index (χ0) is 26.2. The number of nitrogens with zero attached hydrogens (tertiary/aromatic N) is 5. The molecule has 0 unspecified atom stereocenters. The lowest BCUT2D eigenvalue weighted by Gasteiger charge is -2.33. The highest BCUT2D eigenvalue weighted by Crippen LogP contribution is 2.27. The minimum Gasteiger partial charge on any atom is -0.466 e. The number of hydrogen-bond acceptors (Lipinski definition) is 9. The van der Waals surface area contributed by atoms with Crippen LogP contribution in [0.5, 0.6) is 0 Å². The standard InChI is InChI=1S/C27H25N7O3/c1-2-37-26(36)20-10-12-34(13-11-20)23-9-8-18(14-21(23)15-28)17-30-33-27-31-24(19-6-4-3-5-7-19)22(16-29)25(35)32-27/h3-9,14,17,20H,2,10-13H2,1H3,(H2,31,32,33,35). The normalized spacial score (nSPS) is 13.6. The Bertz CT molecular complexity index is 1440. The summed E-state index contributed by atoms with van der Waals surface area (Å²) in [6.45, 7) is 3.50. The first-order valence-electron chi connectivity index (χ1n) is 11.9. The van der Waals surface area contributed by atoms with Gasteiger partial charge in [0.2, 0.25) is 5.95 Å². The molecule has 2 aromatic carbocycles. The van der Waals surface area contributed by atoms with Crippen LogP contribution in [0.3, 0.4) is 0 Å². The third kappa shape index (κ3) is 5.82. The van der Waals surface area contributed by atoms with Gasteiger partial charge in [-0.3, -0.25) is 14.6 Å². The van der Waals surface area contributed by atoms with Gasteiger partial charge in [-0.05, 0) is 37.5 Å². The van der Waals surface area contributed by atoms with Crippen molar-refractivity contribution >= 4 is 23.8 Å². The molecule has 1 aliphatic heterocycles. The van der Waals surface area contributed by atoms with Crippen molar-refractivity contribution in [2.24, 2.45) is 11.0 Å². The fourth-order valence-electron chi connectivity index (χ4n) is 4.22. The summed E-state index contributed by atoms with van der Waals surface area (Å²) in [7, 11) is 0. The van der Waals surface area contributed by atoms with Crippen LogP contribution in [0.1, 0.15) is 36.5 Å². The first-order valence-corrected chi connectivity index (χ1v) is 11.9. The number of ether oxygens (including phenoxy) is 1. The van der Waals surface area contributed by atoms with Gasteiger partial charge in [-0.15, -0.1) is 0 Å². The minimum absolute atomic E-state index is 0.0822. The van der Waals surface area contributed by atoms with Crippen molar-refractivity contribution in [3.05, 3.63) is 75.6 Å². The average Bonchev–Trinajstić information content (AvgIpc) is 2.93. The van der Waals surface area contributed by atoms with Gasteiger partial charge in [0.05, 0.1) is 35.7 Å². The van der Waals surface area contributed by atoms with Gasteiger partial charge in [-0.25, -0.2) is 10.4 Å². The number of carbonyl (C=O) groups is 1. The second-order valence-corrected chi connectivity index (χ2v) is 8.39. The lowest BCUT2D eigenvalue weighted by molar-refractivity contribution is -0.148. The van der Waals surface area contributed by atoms with Crippen LogP contribution >= 0.6 is 0 Å². The van der Waals surface area contributed by atoms with Gasteiger partial charge in [-0.2, -0.15) is 15.6 Å². The molecule has 0 radical (unpaired) electrons. The van der Waals surface area contributed by atoms with Crippen LogP contribution in [0.2, 0.25) is 0 Å². The number of aromatic nitrogens is 2. The molecule has 3 aromatic rings. The first kappa shape index (κ1) is 25.1. The number of piperidine rings is 1. The Hall–Kier alpha value is -4.96. The van der Waals surface area contributed by atoms with E-state index in [4.69, 9.17) is 4.74 Å². The maximum atomic E-state index is 12.4. The lowest BCUT2D eigenvalue weighted by Crippen LogP contribution is -2.37. The number of benzene rings is 2. The number of H-pyrrole nitrogens is 1. The average molecular weight is 496 g/mol. The second kappa shape index (κ2) is 11.6. The number of hydrogen-bond donors (Lipinski definition) is 2. The van der Waals surface area contributed by atoms with Gasteiger partial charge < -0.3 is 9.64 Å². The molecule has 2 heterocycles. The van der Waals surface area contributed by atoms with Crippen LogP contribution in [0.15, 0.2) is 58.4 Å². The van der Waals surface area contributed by atoms with E-state index in [2.05, 4.69) is 31.5 Å². The van der Waals surface area contributed by atoms with E-state index in [1.165, 1.54) is 6.21 Å². The van der Waals surface area contributed by atoms with E-state index in [-0.39, 0.29) is 29.1 Å². The number of esters is 1. The molecule has 10 heteroatoms. The molecule has 0 bridgehead atoms. The van der Waals surface area contributed by atoms with Gasteiger partial charge in [0.25, 0.3) is 5.56 Å². The van der Waals surface area contributed by atoms with Crippen molar-refractivity contribution in [3.8, 4) is 23.4 Å². The van der Waals surface area contributed by atoms with Gasteiger partial charge in [-0.1, -0.05) is 36.4 Å². The Kier molecular flexibility index (Phi) is 7.91. The Morgan fingerprint density at radius 1 is 1.22 bits per heavy atom. The van der Waals surface area contributed by atoms with E-state index in [9.17, 15) is 20.1 Å². The number of nitrogens with one attached hydrogen (secondary N) is 2. The molecule has 1 fully saturated rings. The summed E-state index contributed by atoms with van der Waals surface area (Å²) in [4.78, 5) is 33.3. The van der Waals surface area contributed by atoms with Crippen LogP contribution in [-0.4, -0.2) is 41.8 Å². The van der Waals surface area contributed by atoms with Crippen LogP contribution in [-0.2, 0) is 9.53 Å². The van der Waals surface area contributed by atoms with Gasteiger partial charge in [0, 0.05) is 18.7 Å². The first-order chi connectivity index (χ1) is 18.0. The molecule has 0 atom stereocenters. The van der Waals surface area contributed by atoms with Gasteiger partial charge >= 0.3 is 5.97 Å². The number of carbonyl (C=O) groups excluding carboxylic acids is 1. The molecule has 1 aliphatic rings. The monoisotopic (exact) mass is 495 g/mol. The van der Waals surface area contributed by atoms with Crippen molar-refractivity contribution in [2.45, 2.75) is 19.8 Å². The highest BCUT2D eigenvalue weighted by molar-refractivity contribution is 5.82. The van der Waals surface area contributed by atoms with Crippen molar-refractivity contribution < 1.29 is 9.53 Å². The Balaban J connectivity index is 1.47. The second-order valence-electron chi connectivity index (χ2n) is 8.39. The molecule has 0 aliphatic carbocycles. The van der Waals surface area contributed by atoms with Crippen molar-refractivity contribution in [3.63, 3.8) is 0 Å². The maximum Gasteiger partial charge on any atom is 0.309 e. The number of hydrazone groups is 1. The predicted octanol–water partition coefficient (Wildman–Crippen LogP) is 3.41. The maximum absolute atomic E-state index is 12.4. The summed E-state index contributed by atoms with van der Waals surface area (Å²) >= 11 is 0. The fourth-order valence-corrected chi connectivity index (χ4v) is 4.22. The quantitative estimate of drug-likeness (QED) is 0.288. The third-order valence-electron chi connectivity index (χ3n) is 6.06. The van der Waals surface area contributed by atoms with Crippen LogP contribution in [0, 0.1) is 28.6 Å². The highest BCUT2D eigenvalue weighted by Gasteiger charge is 2.27. The summed E-state index contributed by atoms with van der Waals surface area (Å²) in [5.74, 6) is -0.180. The SMILES string of the molecule is CCOC(=O)C1CCN(c2ccc(C=NNc3nc(-c4ccccc4)c(C#N)c(=O)[nH]3)cc2C#N)CC1. The predicted molar refractivity (Wildman–Crippen MR) is 139 cm³/mol. The Morgan fingerprint density at radius 2 is 1.97 bits per heavy atom. The van der Waals surface area contributed by atoms with Crippen LogP contribution < -0.4 is 15.9 Å². The molecule has 0 spiro atoms. The zero-order valence-corrected chi connectivity index (χ0v) is 20.3. The van der Waals surface area contributed by atoms with E-state index < -0.39 is 5.56 Å². The van der Waals surface area contributed by atoms with Crippen LogP contribution in [0.25, 0.3) is 11.3 Å². The fraction of sp³-hybridized carbons (Fsp3) is 0.259. The molecule has 4 rings (SSSR count). The molecule has 2 N–H and O–H groups in total. The number of rotatable bonds is 7. The molecule has 186 valence electrons. The molecule has 10 nitrogen and oxygen atoms in total. The molecule has 0 saturated carbocycles. The van der Waals surface area contributed by atoms with E-state index >= 15 is 0 Å². The van der Waals surface area contributed by atoms with Crippen molar-refractivity contribution in [1.82, 2.24) is 9.97 Å². The minimum atomic E-state index is -0.572. The van der Waals surface area contributed by atoms with Crippen molar-refractivity contribution in [2.75, 3.05) is 30.0 Å². The summed E-state index contributed by atoms with van der Waals surface area (Å²) in [5, 5.41) is 23.3. The van der Waals surface area contributed by atoms with E-state index in [0.717, 1.165) is 5.69 Å². The third-order valence-corrected chi connectivity index (χ3v) is 6.06. The summed E-state index contributed by atoms with van der Waals surface area (Å²) in [6.07, 6.45) is 2.87. The molecule has 1 saturated heterocycles. The number of nitriles is 2. The topological polar surface area (TPSA) is 147 Å². The van der Waals surface area contributed by atoms with Gasteiger partial charge in [0.15, 0.2) is 0 Å². The van der Waals surface area contributed by atoms with Gasteiger partial charge in [0.1, 0.15) is 17.7 Å². The summed E-state index contributed by atoms with van der Waals surface area (Å²) in [6, 6.07) is 18.5. The largest absolute Gasteiger partial charge is 0.466 e. The summed E-state index contributed by atoms with van der Waals surface area (Å²) in [5.41, 5.74) is 4.91. The number of anilines is 2. The molecular weight excluding hydrogens is 470 g/mol. The molecule has 1 aromatic heterocycles. The molecule has 0 amide bonds. The van der Waals surface area contributed by atoms with E-state index in [1.807, 2.05) is 24.3 Å². The highest BCUT2D eigenvalue weighted by atomic mass is 16.5. The molecular formula is C27H25N7O3. The van der Waals surface area contributed by atoms with E-state index in [0.29, 0.717) is 49.2 Å². The zero-order valence-electron chi connectivity index (χ0n) is 20.3. The Labute approximate surface area is 213 Å². The smallest absolute Gasteiger partial charge is 0.309 e. The lowest BCUT2D eigenvalue weighted by atomic mass is 9.96.